The van der Waals surface area contributed by atoms with Crippen LogP contribution in [0.1, 0.15) is 50.0 Å². The summed E-state index contributed by atoms with van der Waals surface area (Å²) in [5, 5.41) is 2.99. The molecule has 0 saturated heterocycles. The van der Waals surface area contributed by atoms with Crippen molar-refractivity contribution in [2.75, 3.05) is 6.61 Å². The molecule has 1 saturated carbocycles. The maximum absolute atomic E-state index is 12.3. The summed E-state index contributed by atoms with van der Waals surface area (Å²) in [6, 6.07) is 7.66. The van der Waals surface area contributed by atoms with Crippen molar-refractivity contribution in [2.24, 2.45) is 5.73 Å². The van der Waals surface area contributed by atoms with Crippen LogP contribution in [0, 0.1) is 0 Å². The molecule has 2 rings (SSSR count). The Morgan fingerprint density at radius 2 is 1.95 bits per heavy atom. The molecule has 0 bridgehead atoms. The zero-order valence-corrected chi connectivity index (χ0v) is 13.3. The number of rotatable bonds is 4. The Balaban J connectivity index is 2.00. The molecule has 1 aliphatic rings. The number of hydrogen-bond donors (Lipinski definition) is 2. The van der Waals surface area contributed by atoms with Gasteiger partial charge in [-0.25, -0.2) is 0 Å². The molecule has 0 spiro atoms. The molecule has 0 aromatic heterocycles. The van der Waals surface area contributed by atoms with Crippen molar-refractivity contribution in [3.63, 3.8) is 0 Å². The average Bonchev–Trinajstić information content (AvgIpc) is 2.43. The van der Waals surface area contributed by atoms with Crippen LogP contribution in [0.4, 0.5) is 0 Å². The van der Waals surface area contributed by atoms with Crippen LogP contribution >= 0.6 is 0 Å². The Morgan fingerprint density at radius 3 is 2.43 bits per heavy atom. The summed E-state index contributed by atoms with van der Waals surface area (Å²) in [7, 11) is 0. The fourth-order valence-electron chi connectivity index (χ4n) is 2.58. The van der Waals surface area contributed by atoms with E-state index in [0.717, 1.165) is 6.42 Å². The van der Waals surface area contributed by atoms with E-state index in [1.165, 1.54) is 5.56 Å². The molecule has 1 amide bonds. The molecule has 3 atom stereocenters. The van der Waals surface area contributed by atoms with Crippen molar-refractivity contribution in [3.05, 3.63) is 35.4 Å². The van der Waals surface area contributed by atoms with E-state index in [1.807, 2.05) is 31.2 Å². The summed E-state index contributed by atoms with van der Waals surface area (Å²) in [6.07, 6.45) is 0.852. The van der Waals surface area contributed by atoms with Crippen molar-refractivity contribution in [2.45, 2.75) is 57.7 Å². The van der Waals surface area contributed by atoms with E-state index in [9.17, 15) is 4.79 Å². The molecule has 0 aliphatic heterocycles. The Hall–Kier alpha value is -1.39. The maximum Gasteiger partial charge on any atom is 0.251 e. The summed E-state index contributed by atoms with van der Waals surface area (Å²) in [5.41, 5.74) is 7.92. The number of hydrogen-bond acceptors (Lipinski definition) is 3. The van der Waals surface area contributed by atoms with Crippen LogP contribution in [-0.2, 0) is 10.2 Å². The molecule has 1 fully saturated rings. The lowest BCUT2D eigenvalue weighted by Gasteiger charge is -2.42. The lowest BCUT2D eigenvalue weighted by atomic mass is 9.83. The highest BCUT2D eigenvalue weighted by atomic mass is 16.5. The third kappa shape index (κ3) is 3.63. The van der Waals surface area contributed by atoms with Gasteiger partial charge in [0, 0.05) is 18.2 Å². The van der Waals surface area contributed by atoms with Crippen molar-refractivity contribution in [1.82, 2.24) is 5.32 Å². The number of carbonyl (C=O) groups excluding carboxylic acids is 1. The van der Waals surface area contributed by atoms with Crippen LogP contribution in [0.3, 0.4) is 0 Å². The standard InChI is InChI=1S/C17H26N2O2/c1-5-21-14-10-13(18)15(14)19-16(20)11-6-8-12(9-7-11)17(2,3)4/h6-9,13-15H,5,10,18H2,1-4H3,(H,19,20). The van der Waals surface area contributed by atoms with E-state index in [0.29, 0.717) is 12.2 Å². The van der Waals surface area contributed by atoms with Crippen LogP contribution in [0.5, 0.6) is 0 Å². The summed E-state index contributed by atoms with van der Waals surface area (Å²) < 4.78 is 5.57. The Labute approximate surface area is 127 Å². The minimum Gasteiger partial charge on any atom is -0.376 e. The van der Waals surface area contributed by atoms with Crippen molar-refractivity contribution in [3.8, 4) is 0 Å². The van der Waals surface area contributed by atoms with E-state index < -0.39 is 0 Å². The van der Waals surface area contributed by atoms with Gasteiger partial charge >= 0.3 is 0 Å². The van der Waals surface area contributed by atoms with Gasteiger partial charge in [0.05, 0.1) is 12.1 Å². The number of nitrogens with two attached hydrogens (primary N) is 1. The molecule has 116 valence electrons. The molecule has 1 aromatic rings. The fourth-order valence-corrected chi connectivity index (χ4v) is 2.58. The van der Waals surface area contributed by atoms with Crippen LogP contribution < -0.4 is 11.1 Å². The monoisotopic (exact) mass is 290 g/mol. The topological polar surface area (TPSA) is 64.3 Å². The molecular weight excluding hydrogens is 264 g/mol. The van der Waals surface area contributed by atoms with E-state index in [4.69, 9.17) is 10.5 Å². The molecule has 21 heavy (non-hydrogen) atoms. The third-order valence-electron chi connectivity index (χ3n) is 4.06. The second kappa shape index (κ2) is 6.16. The van der Waals surface area contributed by atoms with E-state index in [-0.39, 0.29) is 29.5 Å². The zero-order chi connectivity index (χ0) is 15.6. The normalized spacial score (nSPS) is 25.3. The maximum atomic E-state index is 12.3. The lowest BCUT2D eigenvalue weighted by Crippen LogP contribution is -2.64. The molecule has 3 unspecified atom stereocenters. The Bertz CT molecular complexity index is 489. The van der Waals surface area contributed by atoms with Crippen LogP contribution in [0.2, 0.25) is 0 Å². The van der Waals surface area contributed by atoms with Crippen molar-refractivity contribution >= 4 is 5.91 Å². The first-order valence-electron chi connectivity index (χ1n) is 7.61. The van der Waals surface area contributed by atoms with E-state index >= 15 is 0 Å². The predicted molar refractivity (Wildman–Crippen MR) is 84.4 cm³/mol. The predicted octanol–water partition coefficient (Wildman–Crippen LogP) is 2.22. The van der Waals surface area contributed by atoms with Gasteiger partial charge in [0.25, 0.3) is 5.91 Å². The number of nitrogens with one attached hydrogen (secondary N) is 1. The number of benzene rings is 1. The Morgan fingerprint density at radius 1 is 1.33 bits per heavy atom. The quantitative estimate of drug-likeness (QED) is 0.893. The zero-order valence-electron chi connectivity index (χ0n) is 13.3. The SMILES string of the molecule is CCOC1CC(N)C1NC(=O)c1ccc(C(C)(C)C)cc1. The average molecular weight is 290 g/mol. The second-order valence-electron chi connectivity index (χ2n) is 6.72. The molecule has 0 radical (unpaired) electrons. The van der Waals surface area contributed by atoms with Crippen LogP contribution in [0.25, 0.3) is 0 Å². The smallest absolute Gasteiger partial charge is 0.251 e. The first kappa shape index (κ1) is 16.0. The van der Waals surface area contributed by atoms with Gasteiger partial charge in [0.1, 0.15) is 0 Å². The highest BCUT2D eigenvalue weighted by Gasteiger charge is 2.40. The van der Waals surface area contributed by atoms with Crippen molar-refractivity contribution < 1.29 is 9.53 Å². The van der Waals surface area contributed by atoms with Gasteiger partial charge in [0.2, 0.25) is 0 Å². The van der Waals surface area contributed by atoms with E-state index in [1.54, 1.807) is 0 Å². The van der Waals surface area contributed by atoms with Gasteiger partial charge in [-0.15, -0.1) is 0 Å². The van der Waals surface area contributed by atoms with Crippen LogP contribution in [0.15, 0.2) is 24.3 Å². The second-order valence-corrected chi connectivity index (χ2v) is 6.72. The highest BCUT2D eigenvalue weighted by Crippen LogP contribution is 2.24. The van der Waals surface area contributed by atoms with Gasteiger partial charge in [-0.05, 0) is 36.5 Å². The molecule has 4 heteroatoms. The summed E-state index contributed by atoms with van der Waals surface area (Å²) in [5.74, 6) is -0.0830. The number of ether oxygens (including phenoxy) is 1. The molecule has 1 aliphatic carbocycles. The minimum absolute atomic E-state index is 0.0145. The highest BCUT2D eigenvalue weighted by molar-refractivity contribution is 5.94. The summed E-state index contributed by atoms with van der Waals surface area (Å²) >= 11 is 0. The third-order valence-corrected chi connectivity index (χ3v) is 4.06. The van der Waals surface area contributed by atoms with E-state index in [2.05, 4.69) is 26.1 Å². The van der Waals surface area contributed by atoms with Gasteiger partial charge in [0.15, 0.2) is 0 Å². The van der Waals surface area contributed by atoms with Gasteiger partial charge in [-0.1, -0.05) is 32.9 Å². The first-order chi connectivity index (χ1) is 9.82. The summed E-state index contributed by atoms with van der Waals surface area (Å²) in [6.45, 7) is 9.06. The number of amides is 1. The largest absolute Gasteiger partial charge is 0.376 e. The summed E-state index contributed by atoms with van der Waals surface area (Å²) in [4.78, 5) is 12.3. The minimum atomic E-state index is -0.0836. The van der Waals surface area contributed by atoms with Gasteiger partial charge in [-0.2, -0.15) is 0 Å². The molecule has 3 N–H and O–H groups in total. The first-order valence-corrected chi connectivity index (χ1v) is 7.61. The van der Waals surface area contributed by atoms with Gasteiger partial charge in [-0.3, -0.25) is 4.79 Å². The Kier molecular flexibility index (Phi) is 4.69. The molecule has 0 heterocycles. The van der Waals surface area contributed by atoms with Gasteiger partial charge < -0.3 is 15.8 Å². The number of carbonyl (C=O) groups is 1. The fraction of sp³-hybridized carbons (Fsp3) is 0.588. The molecule has 4 nitrogen and oxygen atoms in total. The lowest BCUT2D eigenvalue weighted by molar-refractivity contribution is -0.0300. The molecule has 1 aromatic carbocycles. The molecular formula is C17H26N2O2. The van der Waals surface area contributed by atoms with Crippen LogP contribution in [-0.4, -0.2) is 30.7 Å². The van der Waals surface area contributed by atoms with Crippen molar-refractivity contribution in [1.29, 1.82) is 0 Å².